The largest absolute Gasteiger partial charge is 0.376 e. The minimum atomic E-state index is -0.833. The zero-order chi connectivity index (χ0) is 29.0. The second-order valence-corrected chi connectivity index (χ2v) is 3.56. The van der Waals surface area contributed by atoms with E-state index in [1.165, 1.54) is 0 Å². The Kier molecular flexibility index (Phi) is 72.0. The molecule has 34 heavy (non-hydrogen) atoms. The number of carbonyl (C=O) groups is 7. The number of nitrogens with one attached hydrogen (secondary N) is 4. The van der Waals surface area contributed by atoms with Gasteiger partial charge in [-0.3, -0.25) is 4.90 Å². The Labute approximate surface area is 193 Å². The standard InChI is InChI=1S/C4H10N2O4.C3H8N2O3.C2H6N2O2.CH4N2O.3CH2O/c7-1-5-4(10)6(2-8)3-9;6-1-4-3(8)5-2-7;3-2(6)4-1-5;2-1(3)4;3*1-2/h7-9H,1-3H2,(H,5,10);6-7H,1-2H2,(H2,4,5,8);5H,1H2,(H3,3,4,6);(H4,2,3,4);3*1H2. The molecule has 0 aromatic carbocycles. The summed E-state index contributed by atoms with van der Waals surface area (Å²) in [6.07, 6.45) is 0. The smallest absolute Gasteiger partial charge is 0.322 e. The molecule has 0 aliphatic rings. The monoisotopic (exact) mass is 510 g/mol. The molecule has 0 aromatic heterocycles. The first kappa shape index (κ1) is 47.6. The van der Waals surface area contributed by atoms with Crippen LogP contribution in [0.1, 0.15) is 0 Å². The molecule has 0 rings (SSSR count). The molecule has 0 spiro atoms. The molecular formula is C13H34N8O13. The average Bonchev–Trinajstić information content (AvgIpc) is 2.80. The van der Waals surface area contributed by atoms with Gasteiger partial charge in [-0.2, -0.15) is 0 Å². The number of primary amides is 3. The van der Waals surface area contributed by atoms with Crippen LogP contribution in [0.25, 0.3) is 0 Å². The van der Waals surface area contributed by atoms with Crippen molar-refractivity contribution < 1.29 is 64.2 Å². The van der Waals surface area contributed by atoms with Gasteiger partial charge in [-0.15, -0.1) is 0 Å². The Morgan fingerprint density at radius 1 is 0.588 bits per heavy atom. The second kappa shape index (κ2) is 51.5. The Bertz CT molecular complexity index is 442. The number of amides is 8. The number of hydrogen-bond acceptors (Lipinski definition) is 13. The molecule has 16 N–H and O–H groups in total. The lowest BCUT2D eigenvalue weighted by atomic mass is 10.8. The first-order chi connectivity index (χ1) is 16.1. The van der Waals surface area contributed by atoms with E-state index in [4.69, 9.17) is 49.8 Å². The number of carbonyl (C=O) groups excluding carboxylic acids is 7. The quantitative estimate of drug-likeness (QED) is 0.148. The third-order valence-corrected chi connectivity index (χ3v) is 1.59. The molecule has 0 aliphatic heterocycles. The number of aliphatic hydroxyl groups is 6. The number of nitrogens with two attached hydrogens (primary N) is 3. The fraction of sp³-hybridized carbons (Fsp3) is 0.462. The maximum absolute atomic E-state index is 10.5. The molecule has 0 radical (unpaired) electrons. The molecule has 0 saturated heterocycles. The van der Waals surface area contributed by atoms with Gasteiger partial charge in [0.2, 0.25) is 0 Å². The Morgan fingerprint density at radius 2 is 0.853 bits per heavy atom. The van der Waals surface area contributed by atoms with Gasteiger partial charge in [-0.25, -0.2) is 19.2 Å². The van der Waals surface area contributed by atoms with Crippen LogP contribution < -0.4 is 38.5 Å². The average molecular weight is 510 g/mol. The van der Waals surface area contributed by atoms with Gasteiger partial charge in [0.1, 0.15) is 60.8 Å². The molecule has 0 fully saturated rings. The van der Waals surface area contributed by atoms with Crippen LogP contribution in [0.2, 0.25) is 0 Å². The van der Waals surface area contributed by atoms with Crippen LogP contribution in [0.3, 0.4) is 0 Å². The summed E-state index contributed by atoms with van der Waals surface area (Å²) in [5, 5.41) is 56.5. The number of urea groups is 4. The van der Waals surface area contributed by atoms with Crippen LogP contribution in [0, 0.1) is 0 Å². The zero-order valence-electron chi connectivity index (χ0n) is 18.1. The number of hydrogen-bond donors (Lipinski definition) is 13. The van der Waals surface area contributed by atoms with Crippen LogP contribution in [-0.4, -0.2) is 120 Å². The van der Waals surface area contributed by atoms with Crippen LogP contribution in [0.5, 0.6) is 0 Å². The van der Waals surface area contributed by atoms with E-state index in [-0.39, 0.29) is 0 Å². The summed E-state index contributed by atoms with van der Waals surface area (Å²) in [7, 11) is 0. The highest BCUT2D eigenvalue weighted by molar-refractivity contribution is 5.73. The number of aliphatic hydroxyl groups excluding tert-OH is 6. The summed E-state index contributed by atoms with van der Waals surface area (Å²) < 4.78 is 0. The van der Waals surface area contributed by atoms with Crippen LogP contribution in [-0.2, 0) is 14.4 Å². The van der Waals surface area contributed by atoms with E-state index in [9.17, 15) is 14.4 Å². The molecule has 0 saturated carbocycles. The van der Waals surface area contributed by atoms with Gasteiger partial charge in [0, 0.05) is 0 Å². The highest BCUT2D eigenvalue weighted by Crippen LogP contribution is 1.82. The molecule has 204 valence electrons. The van der Waals surface area contributed by atoms with E-state index in [0.717, 1.165) is 0 Å². The van der Waals surface area contributed by atoms with Gasteiger partial charge >= 0.3 is 24.1 Å². The molecule has 0 unspecified atom stereocenters. The topological polar surface area (TPSA) is 370 Å². The molecule has 0 atom stereocenters. The zero-order valence-corrected chi connectivity index (χ0v) is 18.1. The van der Waals surface area contributed by atoms with Gasteiger partial charge in [-0.05, 0) is 0 Å². The summed E-state index contributed by atoms with van der Waals surface area (Å²) in [6.45, 7) is 3.08. The van der Waals surface area contributed by atoms with E-state index in [1.807, 2.05) is 41.6 Å². The van der Waals surface area contributed by atoms with Crippen molar-refractivity contribution in [3.8, 4) is 0 Å². The van der Waals surface area contributed by atoms with E-state index in [2.05, 4.69) is 17.2 Å². The van der Waals surface area contributed by atoms with E-state index >= 15 is 0 Å². The fourth-order valence-corrected chi connectivity index (χ4v) is 0.637. The van der Waals surface area contributed by atoms with Gasteiger partial charge < -0.3 is 83.5 Å². The lowest BCUT2D eigenvalue weighted by molar-refractivity contribution is -0.0987. The maximum Gasteiger partial charge on any atom is 0.322 e. The molecule has 0 aromatic rings. The predicted molar refractivity (Wildman–Crippen MR) is 112 cm³/mol. The number of rotatable bonds is 6. The Morgan fingerprint density at radius 3 is 1.00 bits per heavy atom. The van der Waals surface area contributed by atoms with Crippen molar-refractivity contribution >= 4 is 44.5 Å². The summed E-state index contributed by atoms with van der Waals surface area (Å²) in [6, 6.07) is -2.85. The third kappa shape index (κ3) is 79.9. The molecule has 0 heterocycles. The molecule has 21 heteroatoms. The van der Waals surface area contributed by atoms with Crippen LogP contribution in [0.15, 0.2) is 0 Å². The van der Waals surface area contributed by atoms with Gasteiger partial charge in [0.25, 0.3) is 0 Å². The van der Waals surface area contributed by atoms with Gasteiger partial charge in [0.15, 0.2) is 0 Å². The summed E-state index contributed by atoms with van der Waals surface area (Å²) in [5.41, 5.74) is 13.0. The van der Waals surface area contributed by atoms with Crippen molar-refractivity contribution in [3.05, 3.63) is 0 Å². The lowest BCUT2D eigenvalue weighted by Crippen LogP contribution is -2.41. The minimum absolute atomic E-state index is 0.394. The minimum Gasteiger partial charge on any atom is -0.376 e. The molecule has 21 nitrogen and oxygen atoms in total. The van der Waals surface area contributed by atoms with E-state index in [0.29, 0.717) is 4.90 Å². The lowest BCUT2D eigenvalue weighted by Gasteiger charge is -2.15. The van der Waals surface area contributed by atoms with Crippen molar-refractivity contribution in [2.75, 3.05) is 40.4 Å². The summed E-state index contributed by atoms with van der Waals surface area (Å²) >= 11 is 0. The van der Waals surface area contributed by atoms with Crippen molar-refractivity contribution in [1.82, 2.24) is 26.2 Å². The Balaban J connectivity index is -0.0000000549. The summed E-state index contributed by atoms with van der Waals surface area (Å²) in [5.74, 6) is 0. The van der Waals surface area contributed by atoms with Crippen molar-refractivity contribution in [1.29, 1.82) is 0 Å². The van der Waals surface area contributed by atoms with Crippen molar-refractivity contribution in [2.45, 2.75) is 0 Å². The second-order valence-electron chi connectivity index (χ2n) is 3.56. The molecule has 8 amide bonds. The van der Waals surface area contributed by atoms with Crippen LogP contribution >= 0.6 is 0 Å². The Hall–Kier alpha value is -4.15. The molecule has 0 aliphatic carbocycles. The van der Waals surface area contributed by atoms with Crippen molar-refractivity contribution in [2.24, 2.45) is 17.2 Å². The van der Waals surface area contributed by atoms with Crippen molar-refractivity contribution in [3.63, 3.8) is 0 Å². The maximum atomic E-state index is 10.5. The van der Waals surface area contributed by atoms with Crippen LogP contribution in [0.4, 0.5) is 19.2 Å². The molecular weight excluding hydrogens is 476 g/mol. The fourth-order valence-electron chi connectivity index (χ4n) is 0.637. The normalized spacial score (nSPS) is 7.00. The van der Waals surface area contributed by atoms with E-state index in [1.54, 1.807) is 0 Å². The number of nitrogens with zero attached hydrogens (tertiary/aromatic N) is 1. The first-order valence-electron chi connectivity index (χ1n) is 7.72. The SMILES string of the molecule is C=O.C=O.C=O.NC(=O)NCO.NC(N)=O.O=C(NCO)N(CO)CO.O=C(NCO)NCO. The summed E-state index contributed by atoms with van der Waals surface area (Å²) in [4.78, 5) is 63.9. The van der Waals surface area contributed by atoms with Gasteiger partial charge in [-0.1, -0.05) is 0 Å². The first-order valence-corrected chi connectivity index (χ1v) is 7.72. The van der Waals surface area contributed by atoms with E-state index < -0.39 is 64.5 Å². The highest BCUT2D eigenvalue weighted by atomic mass is 16.3. The van der Waals surface area contributed by atoms with Gasteiger partial charge in [0.05, 0.1) is 0 Å². The molecule has 0 bridgehead atoms. The third-order valence-electron chi connectivity index (χ3n) is 1.59. The highest BCUT2D eigenvalue weighted by Gasteiger charge is 2.07. The predicted octanol–water partition coefficient (Wildman–Crippen LogP) is -6.89.